The second-order valence-electron chi connectivity index (χ2n) is 8.88. The van der Waals surface area contributed by atoms with E-state index in [9.17, 15) is 18.0 Å². The average molecular weight is 549 g/mol. The number of halogens is 3. The maximum absolute atomic E-state index is 13.1. The van der Waals surface area contributed by atoms with Gasteiger partial charge in [-0.15, -0.1) is 0 Å². The second kappa shape index (κ2) is 15.4. The fourth-order valence-corrected chi connectivity index (χ4v) is 4.37. The van der Waals surface area contributed by atoms with Crippen LogP contribution in [0.2, 0.25) is 0 Å². The third kappa shape index (κ3) is 9.51. The quantitative estimate of drug-likeness (QED) is 0.125. The summed E-state index contributed by atoms with van der Waals surface area (Å²) in [7, 11) is 3.13. The number of methoxy groups -OCH3 is 2. The molecule has 0 amide bonds. The van der Waals surface area contributed by atoms with E-state index in [0.29, 0.717) is 32.8 Å². The third-order valence-electron chi connectivity index (χ3n) is 6.27. The first-order chi connectivity index (χ1) is 18.3. The summed E-state index contributed by atoms with van der Waals surface area (Å²) in [5.74, 6) is -0.412. The van der Waals surface area contributed by atoms with E-state index in [2.05, 4.69) is 0 Å². The zero-order valence-electron chi connectivity index (χ0n) is 21.5. The van der Waals surface area contributed by atoms with Gasteiger partial charge in [0.2, 0.25) is 0 Å². The lowest BCUT2D eigenvalue weighted by molar-refractivity contribution is -0.143. The molecule has 2 fully saturated rings. The van der Waals surface area contributed by atoms with E-state index in [1.54, 1.807) is 20.3 Å². The standard InChI is InChI=1S/C26H35F3O9/c1-31-8-10-33-16-36-20(15-35-19-5-3-4-18(12-19)26(27,28)29)6-7-21-22-13-25(30)38-24(22)14-23(21)37-17-34-11-9-32-2/h3-7,12,20-24H,8-11,13-17H2,1-2H3/t20?,21-,22-,23-,24+/m1/s1. The monoisotopic (exact) mass is 548 g/mol. The Bertz CT molecular complexity index is 880. The minimum atomic E-state index is -4.48. The smallest absolute Gasteiger partial charge is 0.416 e. The normalized spacial score (nSPS) is 24.1. The predicted octanol–water partition coefficient (Wildman–Crippen LogP) is 3.60. The van der Waals surface area contributed by atoms with Crippen LogP contribution < -0.4 is 4.74 Å². The van der Waals surface area contributed by atoms with Crippen LogP contribution in [0.5, 0.6) is 5.75 Å². The van der Waals surface area contributed by atoms with E-state index in [0.717, 1.165) is 12.1 Å². The number of fused-ring (bicyclic) bond motifs is 1. The van der Waals surface area contributed by atoms with Gasteiger partial charge in [-0.05, 0) is 18.2 Å². The van der Waals surface area contributed by atoms with E-state index >= 15 is 0 Å². The maximum atomic E-state index is 13.1. The van der Waals surface area contributed by atoms with Gasteiger partial charge in [-0.2, -0.15) is 13.2 Å². The number of hydrogen-bond donors (Lipinski definition) is 0. The molecule has 1 aliphatic heterocycles. The molecule has 2 aliphatic rings. The molecule has 214 valence electrons. The Morgan fingerprint density at radius 3 is 2.53 bits per heavy atom. The van der Waals surface area contributed by atoms with Crippen molar-refractivity contribution in [3.8, 4) is 5.75 Å². The zero-order chi connectivity index (χ0) is 27.4. The Morgan fingerprint density at radius 2 is 1.82 bits per heavy atom. The summed E-state index contributed by atoms with van der Waals surface area (Å²) in [5, 5.41) is 0. The number of rotatable bonds is 17. The molecule has 0 radical (unpaired) electrons. The summed E-state index contributed by atoms with van der Waals surface area (Å²) in [4.78, 5) is 11.9. The van der Waals surface area contributed by atoms with Crippen molar-refractivity contribution in [3.05, 3.63) is 42.0 Å². The molecule has 1 saturated carbocycles. The molecule has 9 nitrogen and oxygen atoms in total. The van der Waals surface area contributed by atoms with Crippen molar-refractivity contribution >= 4 is 5.97 Å². The largest absolute Gasteiger partial charge is 0.491 e. The molecule has 1 heterocycles. The zero-order valence-corrected chi connectivity index (χ0v) is 21.5. The van der Waals surface area contributed by atoms with Crippen LogP contribution in [0.4, 0.5) is 13.2 Å². The first-order valence-corrected chi connectivity index (χ1v) is 12.4. The first kappa shape index (κ1) is 30.3. The molecule has 1 saturated heterocycles. The molecular formula is C26H35F3O9. The summed E-state index contributed by atoms with van der Waals surface area (Å²) in [6.45, 7) is 1.46. The van der Waals surface area contributed by atoms with Crippen LogP contribution in [-0.4, -0.2) is 85.1 Å². The molecule has 1 aromatic carbocycles. The van der Waals surface area contributed by atoms with Gasteiger partial charge in [0.05, 0.1) is 44.5 Å². The van der Waals surface area contributed by atoms with Crippen LogP contribution in [0.3, 0.4) is 0 Å². The van der Waals surface area contributed by atoms with Gasteiger partial charge in [-0.3, -0.25) is 4.79 Å². The van der Waals surface area contributed by atoms with Crippen molar-refractivity contribution in [3.63, 3.8) is 0 Å². The number of benzene rings is 1. The minimum absolute atomic E-state index is 0.0622. The summed E-state index contributed by atoms with van der Waals surface area (Å²) in [6.07, 6.45) is -1.18. The van der Waals surface area contributed by atoms with E-state index in [1.165, 1.54) is 12.1 Å². The van der Waals surface area contributed by atoms with Gasteiger partial charge in [0.15, 0.2) is 0 Å². The molecular weight excluding hydrogens is 513 g/mol. The highest BCUT2D eigenvalue weighted by molar-refractivity contribution is 5.72. The number of carbonyl (C=O) groups is 1. The second-order valence-corrected chi connectivity index (χ2v) is 8.88. The molecule has 0 N–H and O–H groups in total. The van der Waals surface area contributed by atoms with E-state index in [-0.39, 0.29) is 62.4 Å². The van der Waals surface area contributed by atoms with Crippen LogP contribution in [0, 0.1) is 11.8 Å². The van der Waals surface area contributed by atoms with Crippen LogP contribution >= 0.6 is 0 Å². The van der Waals surface area contributed by atoms with Crippen molar-refractivity contribution in [1.29, 1.82) is 0 Å². The maximum Gasteiger partial charge on any atom is 0.416 e. The van der Waals surface area contributed by atoms with Gasteiger partial charge in [0, 0.05) is 32.5 Å². The van der Waals surface area contributed by atoms with Gasteiger partial charge in [-0.25, -0.2) is 0 Å². The van der Waals surface area contributed by atoms with Gasteiger partial charge >= 0.3 is 12.1 Å². The fraction of sp³-hybridized carbons (Fsp3) is 0.654. The molecule has 1 aromatic rings. The molecule has 1 aliphatic carbocycles. The topological polar surface area (TPSA) is 90.9 Å². The lowest BCUT2D eigenvalue weighted by atomic mass is 9.91. The first-order valence-electron chi connectivity index (χ1n) is 12.4. The van der Waals surface area contributed by atoms with Gasteiger partial charge in [0.25, 0.3) is 0 Å². The lowest BCUT2D eigenvalue weighted by Crippen LogP contribution is -2.25. The molecule has 1 unspecified atom stereocenters. The van der Waals surface area contributed by atoms with Crippen molar-refractivity contribution in [1.82, 2.24) is 0 Å². The van der Waals surface area contributed by atoms with Crippen molar-refractivity contribution in [2.75, 3.05) is 60.8 Å². The van der Waals surface area contributed by atoms with Crippen LogP contribution in [0.25, 0.3) is 0 Å². The highest BCUT2D eigenvalue weighted by Crippen LogP contribution is 2.43. The summed E-state index contributed by atoms with van der Waals surface area (Å²) in [5.41, 5.74) is -0.804. The SMILES string of the molecule is COCCOCOC(C=C[C@@H]1[C@H]2CC(=O)O[C@H]2C[C@H]1OCOCCOC)COc1cccc(C(F)(F)F)c1. The predicted molar refractivity (Wildman–Crippen MR) is 127 cm³/mol. The highest BCUT2D eigenvalue weighted by Gasteiger charge is 2.49. The molecule has 0 spiro atoms. The molecule has 5 atom stereocenters. The number of carbonyl (C=O) groups excluding carboxylic acids is 1. The van der Waals surface area contributed by atoms with Crippen molar-refractivity contribution < 1.29 is 55.9 Å². The van der Waals surface area contributed by atoms with E-state index < -0.39 is 17.8 Å². The number of esters is 1. The minimum Gasteiger partial charge on any atom is -0.491 e. The molecule has 0 aromatic heterocycles. The van der Waals surface area contributed by atoms with Gasteiger partial charge in [0.1, 0.15) is 38.2 Å². The van der Waals surface area contributed by atoms with E-state index in [1.807, 2.05) is 6.08 Å². The Kier molecular flexibility index (Phi) is 12.3. The van der Waals surface area contributed by atoms with E-state index in [4.69, 9.17) is 37.9 Å². The van der Waals surface area contributed by atoms with Gasteiger partial charge < -0.3 is 37.9 Å². The Balaban J connectivity index is 1.65. The number of alkyl halides is 3. The highest BCUT2D eigenvalue weighted by atomic mass is 19.4. The van der Waals surface area contributed by atoms with Crippen LogP contribution in [-0.2, 0) is 44.1 Å². The summed E-state index contributed by atoms with van der Waals surface area (Å²) >= 11 is 0. The molecule has 0 bridgehead atoms. The molecule has 38 heavy (non-hydrogen) atoms. The van der Waals surface area contributed by atoms with Crippen molar-refractivity contribution in [2.24, 2.45) is 11.8 Å². The van der Waals surface area contributed by atoms with Crippen LogP contribution in [0.1, 0.15) is 18.4 Å². The Morgan fingerprint density at radius 1 is 1.08 bits per heavy atom. The molecule has 3 rings (SSSR count). The Labute approximate surface area is 220 Å². The fourth-order valence-electron chi connectivity index (χ4n) is 4.37. The van der Waals surface area contributed by atoms with Crippen LogP contribution in [0.15, 0.2) is 36.4 Å². The van der Waals surface area contributed by atoms with Gasteiger partial charge in [-0.1, -0.05) is 18.2 Å². The average Bonchev–Trinajstić information content (AvgIpc) is 3.40. The lowest BCUT2D eigenvalue weighted by Gasteiger charge is -2.21. The summed E-state index contributed by atoms with van der Waals surface area (Å²) in [6, 6.07) is 4.64. The number of ether oxygens (including phenoxy) is 8. The molecule has 12 heteroatoms. The summed E-state index contributed by atoms with van der Waals surface area (Å²) < 4.78 is 82.7. The Hall–Kier alpha value is -2.22. The third-order valence-corrected chi connectivity index (χ3v) is 6.27. The van der Waals surface area contributed by atoms with Crippen molar-refractivity contribution in [2.45, 2.75) is 37.3 Å². The number of hydrogen-bond acceptors (Lipinski definition) is 9.